The Morgan fingerprint density at radius 2 is 2.23 bits per heavy atom. The first-order chi connectivity index (χ1) is 12.6. The van der Waals surface area contributed by atoms with Gasteiger partial charge in [-0.3, -0.25) is 4.79 Å². The standard InChI is InChI=1S/C20H22FNO3S/c1-2-10-26-19-15(4-3-9-22-19)12-25-17-8-7-14(11-16(17)21)18(20(23)24)13-5-6-13/h3-4,7-9,11,13,18H,2,5-6,10,12H2,1H3,(H,23,24). The van der Waals surface area contributed by atoms with Crippen molar-refractivity contribution < 1.29 is 19.0 Å². The van der Waals surface area contributed by atoms with Crippen molar-refractivity contribution in [1.29, 1.82) is 0 Å². The van der Waals surface area contributed by atoms with Gasteiger partial charge in [-0.2, -0.15) is 0 Å². The van der Waals surface area contributed by atoms with Crippen LogP contribution in [-0.4, -0.2) is 21.8 Å². The molecule has 0 radical (unpaired) electrons. The molecule has 0 spiro atoms. The number of carboxylic acids is 1. The molecule has 0 amide bonds. The molecule has 1 aliphatic carbocycles. The van der Waals surface area contributed by atoms with E-state index < -0.39 is 17.7 Å². The average molecular weight is 375 g/mol. The van der Waals surface area contributed by atoms with E-state index in [4.69, 9.17) is 4.74 Å². The van der Waals surface area contributed by atoms with Crippen LogP contribution in [0.15, 0.2) is 41.6 Å². The molecule has 1 aromatic carbocycles. The highest BCUT2D eigenvalue weighted by Crippen LogP contribution is 2.43. The second-order valence-corrected chi connectivity index (χ2v) is 7.53. The summed E-state index contributed by atoms with van der Waals surface area (Å²) in [6.07, 6.45) is 4.55. The first-order valence-corrected chi connectivity index (χ1v) is 9.80. The number of hydrogen-bond acceptors (Lipinski definition) is 4. The van der Waals surface area contributed by atoms with Crippen LogP contribution in [0.4, 0.5) is 4.39 Å². The summed E-state index contributed by atoms with van der Waals surface area (Å²) in [5, 5.41) is 10.3. The number of benzene rings is 1. The van der Waals surface area contributed by atoms with E-state index in [-0.39, 0.29) is 18.3 Å². The molecule has 26 heavy (non-hydrogen) atoms. The topological polar surface area (TPSA) is 59.4 Å². The lowest BCUT2D eigenvalue weighted by molar-refractivity contribution is -0.139. The number of hydrogen-bond donors (Lipinski definition) is 1. The number of carbonyl (C=O) groups is 1. The summed E-state index contributed by atoms with van der Waals surface area (Å²) in [5.74, 6) is -0.843. The lowest BCUT2D eigenvalue weighted by Crippen LogP contribution is -2.14. The van der Waals surface area contributed by atoms with E-state index in [9.17, 15) is 14.3 Å². The molecule has 1 saturated carbocycles. The van der Waals surface area contributed by atoms with Crippen LogP contribution in [0.2, 0.25) is 0 Å². The Bertz CT molecular complexity index is 779. The van der Waals surface area contributed by atoms with Crippen LogP contribution in [-0.2, 0) is 11.4 Å². The van der Waals surface area contributed by atoms with Gasteiger partial charge in [0.2, 0.25) is 0 Å². The third kappa shape index (κ3) is 4.55. The maximum absolute atomic E-state index is 14.4. The lowest BCUT2D eigenvalue weighted by atomic mass is 9.94. The number of pyridine rings is 1. The molecule has 1 atom stereocenters. The Morgan fingerprint density at radius 3 is 2.88 bits per heavy atom. The monoisotopic (exact) mass is 375 g/mol. The van der Waals surface area contributed by atoms with Gasteiger partial charge < -0.3 is 9.84 Å². The summed E-state index contributed by atoms with van der Waals surface area (Å²) >= 11 is 1.66. The number of carboxylic acid groups (broad SMARTS) is 1. The average Bonchev–Trinajstić information content (AvgIpc) is 3.44. The maximum atomic E-state index is 14.4. The summed E-state index contributed by atoms with van der Waals surface area (Å²) in [7, 11) is 0. The second-order valence-electron chi connectivity index (χ2n) is 6.45. The molecule has 0 saturated heterocycles. The van der Waals surface area contributed by atoms with Crippen LogP contribution in [0.3, 0.4) is 0 Å². The van der Waals surface area contributed by atoms with E-state index >= 15 is 0 Å². The Labute approximate surface area is 156 Å². The summed E-state index contributed by atoms with van der Waals surface area (Å²) in [6.45, 7) is 2.33. The molecule has 1 N–H and O–H groups in total. The van der Waals surface area contributed by atoms with E-state index in [2.05, 4.69) is 11.9 Å². The summed E-state index contributed by atoms with van der Waals surface area (Å²) < 4.78 is 20.1. The van der Waals surface area contributed by atoms with E-state index in [0.717, 1.165) is 35.6 Å². The highest BCUT2D eigenvalue weighted by atomic mass is 32.2. The summed E-state index contributed by atoms with van der Waals surface area (Å²) in [4.78, 5) is 15.8. The highest BCUT2D eigenvalue weighted by Gasteiger charge is 2.37. The minimum atomic E-state index is -0.895. The van der Waals surface area contributed by atoms with Crippen molar-refractivity contribution >= 4 is 17.7 Å². The summed E-state index contributed by atoms with van der Waals surface area (Å²) in [6, 6.07) is 8.23. The molecule has 1 aromatic heterocycles. The Kier molecular flexibility index (Phi) is 6.14. The van der Waals surface area contributed by atoms with Crippen molar-refractivity contribution in [3.63, 3.8) is 0 Å². The third-order valence-electron chi connectivity index (χ3n) is 4.35. The quantitative estimate of drug-likeness (QED) is 0.633. The molecule has 1 unspecified atom stereocenters. The van der Waals surface area contributed by atoms with E-state index in [1.807, 2.05) is 12.1 Å². The molecule has 4 nitrogen and oxygen atoms in total. The smallest absolute Gasteiger partial charge is 0.311 e. The fraction of sp³-hybridized carbons (Fsp3) is 0.400. The molecular formula is C20H22FNO3S. The van der Waals surface area contributed by atoms with Gasteiger partial charge in [0.05, 0.1) is 5.92 Å². The number of ether oxygens (including phenoxy) is 1. The zero-order valence-corrected chi connectivity index (χ0v) is 15.5. The van der Waals surface area contributed by atoms with Crippen LogP contribution < -0.4 is 4.74 Å². The minimum Gasteiger partial charge on any atom is -0.486 e. The predicted molar refractivity (Wildman–Crippen MR) is 99.1 cm³/mol. The first kappa shape index (κ1) is 18.7. The number of halogens is 1. The van der Waals surface area contributed by atoms with E-state index in [1.54, 1.807) is 24.0 Å². The normalized spacial score (nSPS) is 14.8. The zero-order chi connectivity index (χ0) is 18.5. The first-order valence-electron chi connectivity index (χ1n) is 8.82. The fourth-order valence-corrected chi connectivity index (χ4v) is 3.74. The third-order valence-corrected chi connectivity index (χ3v) is 5.60. The Balaban J connectivity index is 1.70. The van der Waals surface area contributed by atoms with Gasteiger partial charge in [-0.25, -0.2) is 9.37 Å². The van der Waals surface area contributed by atoms with E-state index in [1.165, 1.54) is 12.1 Å². The van der Waals surface area contributed by atoms with Crippen LogP contribution in [0.1, 0.15) is 43.2 Å². The van der Waals surface area contributed by atoms with Gasteiger partial charge in [-0.1, -0.05) is 19.1 Å². The number of aromatic nitrogens is 1. The van der Waals surface area contributed by atoms with Crippen LogP contribution in [0, 0.1) is 11.7 Å². The van der Waals surface area contributed by atoms with Gasteiger partial charge in [0.1, 0.15) is 11.6 Å². The van der Waals surface area contributed by atoms with Crippen LogP contribution in [0.5, 0.6) is 5.75 Å². The molecule has 0 aliphatic heterocycles. The number of rotatable bonds is 9. The van der Waals surface area contributed by atoms with Crippen molar-refractivity contribution in [2.75, 3.05) is 5.75 Å². The molecule has 3 rings (SSSR count). The van der Waals surface area contributed by atoms with Gasteiger partial charge in [-0.15, -0.1) is 11.8 Å². The highest BCUT2D eigenvalue weighted by molar-refractivity contribution is 7.99. The molecule has 1 heterocycles. The molecule has 138 valence electrons. The summed E-state index contributed by atoms with van der Waals surface area (Å²) in [5.41, 5.74) is 1.42. The van der Waals surface area contributed by atoms with Crippen LogP contribution in [0.25, 0.3) is 0 Å². The van der Waals surface area contributed by atoms with Gasteiger partial charge in [0.15, 0.2) is 11.6 Å². The van der Waals surface area contributed by atoms with Crippen LogP contribution >= 0.6 is 11.8 Å². The van der Waals surface area contributed by atoms with E-state index in [0.29, 0.717) is 5.56 Å². The Hall–Kier alpha value is -2.08. The van der Waals surface area contributed by atoms with Gasteiger partial charge in [0, 0.05) is 11.8 Å². The molecule has 1 aliphatic rings. The maximum Gasteiger partial charge on any atom is 0.311 e. The SMILES string of the molecule is CCCSc1ncccc1COc1ccc(C(C(=O)O)C2CC2)cc1F. The zero-order valence-electron chi connectivity index (χ0n) is 14.7. The van der Waals surface area contributed by atoms with Crippen molar-refractivity contribution in [1.82, 2.24) is 4.98 Å². The van der Waals surface area contributed by atoms with Gasteiger partial charge >= 0.3 is 5.97 Å². The Morgan fingerprint density at radius 1 is 1.42 bits per heavy atom. The van der Waals surface area contributed by atoms with Crippen molar-refractivity contribution in [3.8, 4) is 5.75 Å². The van der Waals surface area contributed by atoms with Gasteiger partial charge in [-0.05, 0) is 54.7 Å². The molecule has 0 bridgehead atoms. The number of nitrogens with zero attached hydrogens (tertiary/aromatic N) is 1. The second kappa shape index (κ2) is 8.54. The van der Waals surface area contributed by atoms with Crippen molar-refractivity contribution in [3.05, 3.63) is 53.5 Å². The minimum absolute atomic E-state index is 0.118. The van der Waals surface area contributed by atoms with Crippen molar-refractivity contribution in [2.24, 2.45) is 5.92 Å². The fourth-order valence-electron chi connectivity index (χ4n) is 2.89. The predicted octanol–water partition coefficient (Wildman–Crippen LogP) is 4.88. The molecule has 1 fully saturated rings. The van der Waals surface area contributed by atoms with Crippen molar-refractivity contribution in [2.45, 2.75) is 43.7 Å². The molecule has 6 heteroatoms. The molecule has 2 aromatic rings. The molecular weight excluding hydrogens is 353 g/mol. The lowest BCUT2D eigenvalue weighted by Gasteiger charge is -2.14. The number of thioether (sulfide) groups is 1. The van der Waals surface area contributed by atoms with Gasteiger partial charge in [0.25, 0.3) is 0 Å². The number of aliphatic carboxylic acids is 1. The largest absolute Gasteiger partial charge is 0.486 e.